The summed E-state index contributed by atoms with van der Waals surface area (Å²) >= 11 is 0. The third-order valence-electron chi connectivity index (χ3n) is 4.67. The van der Waals surface area contributed by atoms with Gasteiger partial charge in [0.15, 0.2) is 5.75 Å². The molecule has 146 valence electrons. The zero-order valence-corrected chi connectivity index (χ0v) is 16.0. The van der Waals surface area contributed by atoms with E-state index in [0.29, 0.717) is 53.8 Å². The van der Waals surface area contributed by atoms with E-state index in [4.69, 9.17) is 14.7 Å². The zero-order valence-electron chi connectivity index (χ0n) is 16.0. The molecule has 1 aliphatic rings. The fourth-order valence-corrected chi connectivity index (χ4v) is 3.20. The normalized spacial score (nSPS) is 12.6. The van der Waals surface area contributed by atoms with Crippen LogP contribution in [0.3, 0.4) is 0 Å². The van der Waals surface area contributed by atoms with E-state index < -0.39 is 0 Å². The number of anilines is 1. The number of fused-ring (bicyclic) bond motifs is 1. The van der Waals surface area contributed by atoms with Gasteiger partial charge < -0.3 is 9.47 Å². The SMILES string of the molecule is COc1cc(-c2ccc3c(n2)CN(c2cnn(CCC#N)c2)C3=O)cnc1OC. The Balaban J connectivity index is 1.61. The van der Waals surface area contributed by atoms with Crippen molar-refractivity contribution in [2.24, 2.45) is 0 Å². The lowest BCUT2D eigenvalue weighted by Gasteiger charge is -2.11. The molecular weight excluding hydrogens is 372 g/mol. The van der Waals surface area contributed by atoms with Gasteiger partial charge in [-0.1, -0.05) is 0 Å². The molecule has 1 amide bonds. The number of hydrogen-bond donors (Lipinski definition) is 0. The van der Waals surface area contributed by atoms with Crippen LogP contribution in [0.4, 0.5) is 5.69 Å². The van der Waals surface area contributed by atoms with Crippen molar-refractivity contribution < 1.29 is 14.3 Å². The first-order chi connectivity index (χ1) is 14.1. The van der Waals surface area contributed by atoms with Gasteiger partial charge in [0.1, 0.15) is 0 Å². The van der Waals surface area contributed by atoms with Crippen LogP contribution in [-0.4, -0.2) is 39.9 Å². The lowest BCUT2D eigenvalue weighted by molar-refractivity contribution is 0.0996. The molecule has 9 heteroatoms. The van der Waals surface area contributed by atoms with Gasteiger partial charge in [-0.2, -0.15) is 10.4 Å². The molecule has 9 nitrogen and oxygen atoms in total. The topological polar surface area (TPSA) is 106 Å². The molecule has 29 heavy (non-hydrogen) atoms. The van der Waals surface area contributed by atoms with E-state index >= 15 is 0 Å². The Morgan fingerprint density at radius 1 is 1.24 bits per heavy atom. The molecule has 3 aromatic heterocycles. The number of aryl methyl sites for hydroxylation is 1. The molecule has 4 rings (SSSR count). The van der Waals surface area contributed by atoms with Gasteiger partial charge in [0.2, 0.25) is 0 Å². The van der Waals surface area contributed by atoms with Crippen LogP contribution in [-0.2, 0) is 13.1 Å². The van der Waals surface area contributed by atoms with Gasteiger partial charge in [0.25, 0.3) is 11.8 Å². The highest BCUT2D eigenvalue weighted by Gasteiger charge is 2.31. The summed E-state index contributed by atoms with van der Waals surface area (Å²) in [4.78, 5) is 23.3. The summed E-state index contributed by atoms with van der Waals surface area (Å²) in [5.41, 5.74) is 3.39. The van der Waals surface area contributed by atoms with E-state index in [1.165, 1.54) is 7.11 Å². The Hall–Kier alpha value is -3.93. The summed E-state index contributed by atoms with van der Waals surface area (Å²) in [7, 11) is 3.08. The largest absolute Gasteiger partial charge is 0.491 e. The van der Waals surface area contributed by atoms with E-state index in [-0.39, 0.29) is 5.91 Å². The van der Waals surface area contributed by atoms with Crippen LogP contribution in [0, 0.1) is 11.3 Å². The number of amides is 1. The molecule has 0 spiro atoms. The molecule has 0 atom stereocenters. The van der Waals surface area contributed by atoms with Crippen molar-refractivity contribution >= 4 is 11.6 Å². The van der Waals surface area contributed by atoms with Crippen molar-refractivity contribution in [3.05, 3.63) is 48.0 Å². The number of aromatic nitrogens is 4. The number of ether oxygens (including phenoxy) is 2. The number of hydrogen-bond acceptors (Lipinski definition) is 7. The predicted octanol–water partition coefficient (Wildman–Crippen LogP) is 2.43. The van der Waals surface area contributed by atoms with Crippen LogP contribution < -0.4 is 14.4 Å². The minimum atomic E-state index is -0.121. The number of pyridine rings is 2. The van der Waals surface area contributed by atoms with Gasteiger partial charge >= 0.3 is 0 Å². The highest BCUT2D eigenvalue weighted by Crippen LogP contribution is 2.32. The molecule has 3 aromatic rings. The third-order valence-corrected chi connectivity index (χ3v) is 4.67. The predicted molar refractivity (Wildman–Crippen MR) is 104 cm³/mol. The molecule has 0 fully saturated rings. The quantitative estimate of drug-likeness (QED) is 0.636. The van der Waals surface area contributed by atoms with Crippen molar-refractivity contribution in [1.29, 1.82) is 5.26 Å². The first kappa shape index (κ1) is 18.4. The minimum Gasteiger partial charge on any atom is -0.491 e. The number of nitriles is 1. The van der Waals surface area contributed by atoms with Crippen LogP contribution in [0.5, 0.6) is 11.6 Å². The fourth-order valence-electron chi connectivity index (χ4n) is 3.20. The molecule has 0 saturated heterocycles. The Kier molecular flexibility index (Phi) is 4.83. The maximum absolute atomic E-state index is 12.8. The summed E-state index contributed by atoms with van der Waals surface area (Å²) in [6.45, 7) is 0.840. The van der Waals surface area contributed by atoms with Gasteiger partial charge in [-0.15, -0.1) is 0 Å². The van der Waals surface area contributed by atoms with Crippen molar-refractivity contribution in [2.45, 2.75) is 19.5 Å². The standard InChI is InChI=1S/C20H18N6O3/c1-28-18-8-13(9-22-19(18)29-2)16-5-4-15-17(24-16)12-26(20(15)27)14-10-23-25(11-14)7-3-6-21/h4-5,8-11H,3,7,12H2,1-2H3. The van der Waals surface area contributed by atoms with Crippen molar-refractivity contribution in [3.8, 4) is 29.0 Å². The monoisotopic (exact) mass is 390 g/mol. The van der Waals surface area contributed by atoms with Gasteiger partial charge in [0.05, 0.1) is 68.6 Å². The maximum atomic E-state index is 12.8. The molecule has 4 heterocycles. The molecule has 0 aromatic carbocycles. The van der Waals surface area contributed by atoms with Crippen molar-refractivity contribution in [1.82, 2.24) is 19.7 Å². The Morgan fingerprint density at radius 3 is 2.86 bits per heavy atom. The van der Waals surface area contributed by atoms with Crippen molar-refractivity contribution in [3.63, 3.8) is 0 Å². The number of carbonyl (C=O) groups is 1. The molecule has 0 N–H and O–H groups in total. The molecule has 0 aliphatic carbocycles. The molecule has 1 aliphatic heterocycles. The molecule has 0 unspecified atom stereocenters. The van der Waals surface area contributed by atoms with Crippen molar-refractivity contribution in [2.75, 3.05) is 19.1 Å². The smallest absolute Gasteiger partial charge is 0.260 e. The Bertz CT molecular complexity index is 1120. The third kappa shape index (κ3) is 3.36. The lowest BCUT2D eigenvalue weighted by Crippen LogP contribution is -2.22. The highest BCUT2D eigenvalue weighted by atomic mass is 16.5. The first-order valence-electron chi connectivity index (χ1n) is 8.94. The molecule has 0 bridgehead atoms. The van der Waals surface area contributed by atoms with E-state index in [0.717, 1.165) is 5.56 Å². The second kappa shape index (κ2) is 7.59. The Labute approximate surface area is 167 Å². The number of rotatable bonds is 6. The second-order valence-corrected chi connectivity index (χ2v) is 6.39. The molecular formula is C20H18N6O3. The summed E-state index contributed by atoms with van der Waals surface area (Å²) in [6.07, 6.45) is 5.41. The van der Waals surface area contributed by atoms with Gasteiger partial charge in [-0.05, 0) is 18.2 Å². The maximum Gasteiger partial charge on any atom is 0.260 e. The van der Waals surface area contributed by atoms with Crippen LogP contribution in [0.25, 0.3) is 11.3 Å². The first-order valence-corrected chi connectivity index (χ1v) is 8.94. The number of methoxy groups -OCH3 is 2. The van der Waals surface area contributed by atoms with E-state index in [2.05, 4.69) is 21.1 Å². The van der Waals surface area contributed by atoms with Gasteiger partial charge in [-0.25, -0.2) is 4.98 Å². The number of carbonyl (C=O) groups excluding carboxylic acids is 1. The van der Waals surface area contributed by atoms with E-state index in [9.17, 15) is 4.79 Å². The average molecular weight is 390 g/mol. The summed E-state index contributed by atoms with van der Waals surface area (Å²) in [5, 5.41) is 12.9. The van der Waals surface area contributed by atoms with Crippen LogP contribution >= 0.6 is 0 Å². The van der Waals surface area contributed by atoms with E-state index in [1.807, 2.05) is 0 Å². The molecule has 0 saturated carbocycles. The van der Waals surface area contributed by atoms with Gasteiger partial charge in [-0.3, -0.25) is 19.4 Å². The minimum absolute atomic E-state index is 0.121. The van der Waals surface area contributed by atoms with Gasteiger partial charge in [0, 0.05) is 18.0 Å². The summed E-state index contributed by atoms with van der Waals surface area (Å²) < 4.78 is 12.1. The Morgan fingerprint density at radius 2 is 2.10 bits per heavy atom. The fraction of sp³-hybridized carbons (Fsp3) is 0.250. The molecule has 0 radical (unpaired) electrons. The zero-order chi connectivity index (χ0) is 20.4. The number of nitrogens with zero attached hydrogens (tertiary/aromatic N) is 6. The van der Waals surface area contributed by atoms with Crippen LogP contribution in [0.2, 0.25) is 0 Å². The van der Waals surface area contributed by atoms with E-state index in [1.54, 1.807) is 53.5 Å². The highest BCUT2D eigenvalue weighted by molar-refractivity contribution is 6.09. The summed E-state index contributed by atoms with van der Waals surface area (Å²) in [5.74, 6) is 0.784. The second-order valence-electron chi connectivity index (χ2n) is 6.39. The van der Waals surface area contributed by atoms with Crippen LogP contribution in [0.1, 0.15) is 22.5 Å². The van der Waals surface area contributed by atoms with Crippen LogP contribution in [0.15, 0.2) is 36.8 Å². The lowest BCUT2D eigenvalue weighted by atomic mass is 10.1. The average Bonchev–Trinajstić information content (AvgIpc) is 3.35. The summed E-state index contributed by atoms with van der Waals surface area (Å²) in [6, 6.07) is 7.45.